The van der Waals surface area contributed by atoms with Crippen LogP contribution in [0, 0.1) is 0 Å². The molecule has 0 aliphatic heterocycles. The van der Waals surface area contributed by atoms with Gasteiger partial charge in [0.15, 0.2) is 0 Å². The fraction of sp³-hybridized carbons (Fsp3) is 0.143. The third kappa shape index (κ3) is 4.71. The van der Waals surface area contributed by atoms with Crippen LogP contribution in [-0.2, 0) is 10.5 Å². The van der Waals surface area contributed by atoms with Crippen molar-refractivity contribution >= 4 is 46.6 Å². The molecule has 0 spiro atoms. The fourth-order valence-electron chi connectivity index (χ4n) is 1.52. The molecule has 0 saturated carbocycles. The van der Waals surface area contributed by atoms with E-state index in [2.05, 4.69) is 10.3 Å². The number of carbonyl (C=O) groups is 1. The molecule has 0 aliphatic carbocycles. The summed E-state index contributed by atoms with van der Waals surface area (Å²) in [4.78, 5) is 15.7. The lowest BCUT2D eigenvalue weighted by molar-refractivity contribution is -0.113. The standard InChI is InChI=1S/C14H12Cl2N2OS/c15-12-4-3-10(6-13(12)16)8-20-9-14(19)18-11-2-1-5-17-7-11/h1-7H,8-9H2,(H,18,19). The van der Waals surface area contributed by atoms with Crippen molar-refractivity contribution in [2.45, 2.75) is 5.75 Å². The van der Waals surface area contributed by atoms with Crippen molar-refractivity contribution in [3.8, 4) is 0 Å². The van der Waals surface area contributed by atoms with Crippen molar-refractivity contribution in [2.75, 3.05) is 11.1 Å². The first-order valence-electron chi connectivity index (χ1n) is 5.86. The van der Waals surface area contributed by atoms with Gasteiger partial charge < -0.3 is 5.32 Å². The quantitative estimate of drug-likeness (QED) is 0.892. The summed E-state index contributed by atoms with van der Waals surface area (Å²) in [6.45, 7) is 0. The number of nitrogens with one attached hydrogen (secondary N) is 1. The molecule has 104 valence electrons. The molecule has 0 aliphatic rings. The first-order valence-corrected chi connectivity index (χ1v) is 7.78. The molecule has 1 heterocycles. The molecule has 0 fully saturated rings. The first-order chi connectivity index (χ1) is 9.65. The Kier molecular flexibility index (Phi) is 5.71. The zero-order chi connectivity index (χ0) is 14.4. The second-order valence-electron chi connectivity index (χ2n) is 4.03. The topological polar surface area (TPSA) is 42.0 Å². The number of halogens is 2. The number of aromatic nitrogens is 1. The minimum Gasteiger partial charge on any atom is -0.324 e. The van der Waals surface area contributed by atoms with Gasteiger partial charge in [0, 0.05) is 11.9 Å². The van der Waals surface area contributed by atoms with Gasteiger partial charge in [-0.3, -0.25) is 9.78 Å². The monoisotopic (exact) mass is 326 g/mol. The number of pyridine rings is 1. The van der Waals surface area contributed by atoms with Gasteiger partial charge >= 0.3 is 0 Å². The van der Waals surface area contributed by atoms with Crippen LogP contribution in [0.4, 0.5) is 5.69 Å². The molecule has 0 bridgehead atoms. The Bertz CT molecular complexity index is 593. The van der Waals surface area contributed by atoms with E-state index in [4.69, 9.17) is 23.2 Å². The number of thioether (sulfide) groups is 1. The van der Waals surface area contributed by atoms with Crippen LogP contribution < -0.4 is 5.32 Å². The molecule has 1 N–H and O–H groups in total. The Morgan fingerprint density at radius 2 is 2.10 bits per heavy atom. The van der Waals surface area contributed by atoms with Gasteiger partial charge in [0.05, 0.1) is 27.7 Å². The van der Waals surface area contributed by atoms with E-state index < -0.39 is 0 Å². The van der Waals surface area contributed by atoms with Crippen molar-refractivity contribution < 1.29 is 4.79 Å². The molecule has 1 aromatic carbocycles. The second-order valence-corrected chi connectivity index (χ2v) is 5.83. The van der Waals surface area contributed by atoms with E-state index in [0.29, 0.717) is 27.2 Å². The van der Waals surface area contributed by atoms with Gasteiger partial charge in [-0.05, 0) is 29.8 Å². The van der Waals surface area contributed by atoms with Gasteiger partial charge in [0.2, 0.25) is 5.91 Å². The van der Waals surface area contributed by atoms with E-state index >= 15 is 0 Å². The zero-order valence-electron chi connectivity index (χ0n) is 10.5. The SMILES string of the molecule is O=C(CSCc1ccc(Cl)c(Cl)c1)Nc1cccnc1. The number of benzene rings is 1. The summed E-state index contributed by atoms with van der Waals surface area (Å²) in [5.41, 5.74) is 1.74. The number of hydrogen-bond acceptors (Lipinski definition) is 3. The van der Waals surface area contributed by atoms with Gasteiger partial charge in [0.25, 0.3) is 0 Å². The van der Waals surface area contributed by atoms with Crippen molar-refractivity contribution in [1.82, 2.24) is 4.98 Å². The summed E-state index contributed by atoms with van der Waals surface area (Å²) >= 11 is 13.3. The molecule has 20 heavy (non-hydrogen) atoms. The number of carbonyl (C=O) groups excluding carboxylic acids is 1. The average Bonchev–Trinajstić information content (AvgIpc) is 2.44. The van der Waals surface area contributed by atoms with Crippen molar-refractivity contribution in [2.24, 2.45) is 0 Å². The van der Waals surface area contributed by atoms with Crippen molar-refractivity contribution in [3.63, 3.8) is 0 Å². The van der Waals surface area contributed by atoms with Crippen LogP contribution in [0.1, 0.15) is 5.56 Å². The highest BCUT2D eigenvalue weighted by atomic mass is 35.5. The number of amides is 1. The van der Waals surface area contributed by atoms with Gasteiger partial charge in [-0.2, -0.15) is 0 Å². The number of nitrogens with zero attached hydrogens (tertiary/aromatic N) is 1. The predicted octanol–water partition coefficient (Wildman–Crippen LogP) is 4.26. The Balaban J connectivity index is 1.78. The molecule has 0 atom stereocenters. The first kappa shape index (κ1) is 15.2. The maximum Gasteiger partial charge on any atom is 0.234 e. The smallest absolute Gasteiger partial charge is 0.234 e. The van der Waals surface area contributed by atoms with E-state index in [1.54, 1.807) is 30.6 Å². The van der Waals surface area contributed by atoms with E-state index in [1.165, 1.54) is 11.8 Å². The fourth-order valence-corrected chi connectivity index (χ4v) is 2.62. The normalized spacial score (nSPS) is 10.3. The van der Waals surface area contributed by atoms with Crippen LogP contribution in [0.2, 0.25) is 10.0 Å². The highest BCUT2D eigenvalue weighted by Crippen LogP contribution is 2.24. The highest BCUT2D eigenvalue weighted by molar-refractivity contribution is 7.99. The van der Waals surface area contributed by atoms with Gasteiger partial charge in [-0.25, -0.2) is 0 Å². The maximum absolute atomic E-state index is 11.7. The maximum atomic E-state index is 11.7. The lowest BCUT2D eigenvalue weighted by atomic mass is 10.2. The molecular weight excluding hydrogens is 315 g/mol. The molecule has 1 amide bonds. The molecule has 6 heteroatoms. The molecular formula is C14H12Cl2N2OS. The molecule has 3 nitrogen and oxygen atoms in total. The Morgan fingerprint density at radius 3 is 2.80 bits per heavy atom. The summed E-state index contributed by atoms with van der Waals surface area (Å²) in [5, 5.41) is 3.85. The van der Waals surface area contributed by atoms with Gasteiger partial charge in [0.1, 0.15) is 0 Å². The van der Waals surface area contributed by atoms with Crippen LogP contribution >= 0.6 is 35.0 Å². The van der Waals surface area contributed by atoms with E-state index in [1.807, 2.05) is 12.1 Å². The molecule has 2 rings (SSSR count). The van der Waals surface area contributed by atoms with Crippen LogP contribution in [0.5, 0.6) is 0 Å². The average molecular weight is 327 g/mol. The minimum atomic E-state index is -0.0527. The number of anilines is 1. The summed E-state index contributed by atoms with van der Waals surface area (Å²) in [6, 6.07) is 9.05. The molecule has 0 saturated heterocycles. The lowest BCUT2D eigenvalue weighted by Gasteiger charge is -2.05. The summed E-state index contributed by atoms with van der Waals surface area (Å²) in [5.74, 6) is 1.02. The Labute approximate surface area is 131 Å². The van der Waals surface area contributed by atoms with E-state index in [-0.39, 0.29) is 5.91 Å². The third-order valence-electron chi connectivity index (χ3n) is 2.43. The van der Waals surface area contributed by atoms with E-state index in [0.717, 1.165) is 5.56 Å². The van der Waals surface area contributed by atoms with E-state index in [9.17, 15) is 4.79 Å². The van der Waals surface area contributed by atoms with Crippen LogP contribution in [0.15, 0.2) is 42.7 Å². The molecule has 2 aromatic rings. The lowest BCUT2D eigenvalue weighted by Crippen LogP contribution is -2.14. The van der Waals surface area contributed by atoms with Crippen LogP contribution in [0.3, 0.4) is 0 Å². The van der Waals surface area contributed by atoms with Crippen molar-refractivity contribution in [3.05, 3.63) is 58.3 Å². The van der Waals surface area contributed by atoms with Gasteiger partial charge in [-0.15, -0.1) is 11.8 Å². The Morgan fingerprint density at radius 1 is 1.25 bits per heavy atom. The molecule has 1 aromatic heterocycles. The zero-order valence-corrected chi connectivity index (χ0v) is 12.8. The van der Waals surface area contributed by atoms with Crippen LogP contribution in [-0.4, -0.2) is 16.6 Å². The van der Waals surface area contributed by atoms with Crippen molar-refractivity contribution in [1.29, 1.82) is 0 Å². The second kappa shape index (κ2) is 7.53. The number of hydrogen-bond donors (Lipinski definition) is 1. The minimum absolute atomic E-state index is 0.0527. The highest BCUT2D eigenvalue weighted by Gasteiger charge is 2.04. The molecule has 0 unspecified atom stereocenters. The molecule has 0 radical (unpaired) electrons. The summed E-state index contributed by atoms with van der Waals surface area (Å²) < 4.78 is 0. The third-order valence-corrected chi connectivity index (χ3v) is 4.17. The van der Waals surface area contributed by atoms with Gasteiger partial charge in [-0.1, -0.05) is 29.3 Å². The predicted molar refractivity (Wildman–Crippen MR) is 85.5 cm³/mol. The summed E-state index contributed by atoms with van der Waals surface area (Å²) in [6.07, 6.45) is 3.27. The Hall–Kier alpha value is -1.23. The largest absolute Gasteiger partial charge is 0.324 e. The number of rotatable bonds is 5. The summed E-state index contributed by atoms with van der Waals surface area (Å²) in [7, 11) is 0. The van der Waals surface area contributed by atoms with Crippen LogP contribution in [0.25, 0.3) is 0 Å².